The number of nitrogens with one attached hydrogen (secondary N) is 1. The largest absolute Gasteiger partial charge is 0.385 e. The summed E-state index contributed by atoms with van der Waals surface area (Å²) in [6, 6.07) is 7.81. The number of nitrogens with zero attached hydrogens (tertiary/aromatic N) is 4. The first-order chi connectivity index (χ1) is 17.0. The fourth-order valence-corrected chi connectivity index (χ4v) is 5.28. The van der Waals surface area contributed by atoms with Crippen molar-refractivity contribution in [3.05, 3.63) is 30.1 Å². The van der Waals surface area contributed by atoms with Crippen molar-refractivity contribution in [2.75, 3.05) is 53.1 Å². The summed E-state index contributed by atoms with van der Waals surface area (Å²) in [5.74, 6) is 0.411. The predicted molar refractivity (Wildman–Crippen MR) is 134 cm³/mol. The van der Waals surface area contributed by atoms with Crippen LogP contribution in [0.1, 0.15) is 43.7 Å². The van der Waals surface area contributed by atoms with E-state index in [0.29, 0.717) is 64.8 Å². The summed E-state index contributed by atoms with van der Waals surface area (Å²) in [6.45, 7) is 9.25. The van der Waals surface area contributed by atoms with Crippen molar-refractivity contribution in [3.63, 3.8) is 0 Å². The summed E-state index contributed by atoms with van der Waals surface area (Å²) in [7, 11) is 1.71. The van der Waals surface area contributed by atoms with Crippen LogP contribution in [0.15, 0.2) is 24.3 Å². The molecule has 2 atom stereocenters. The Kier molecular flexibility index (Phi) is 8.75. The van der Waals surface area contributed by atoms with Gasteiger partial charge in [0.05, 0.1) is 30.2 Å². The van der Waals surface area contributed by atoms with Crippen molar-refractivity contribution in [2.24, 2.45) is 5.92 Å². The Morgan fingerprint density at radius 3 is 2.71 bits per heavy atom. The van der Waals surface area contributed by atoms with Crippen LogP contribution in [-0.4, -0.2) is 96.4 Å². The first kappa shape index (κ1) is 25.6. The number of carbonyl (C=O) groups excluding carboxylic acids is 2. The van der Waals surface area contributed by atoms with Crippen molar-refractivity contribution in [1.29, 1.82) is 0 Å². The number of carbonyl (C=O) groups is 2. The van der Waals surface area contributed by atoms with E-state index in [1.807, 2.05) is 47.9 Å². The van der Waals surface area contributed by atoms with E-state index in [1.54, 1.807) is 7.11 Å². The van der Waals surface area contributed by atoms with Crippen LogP contribution in [0.25, 0.3) is 11.0 Å². The number of morpholine rings is 1. The molecule has 0 saturated carbocycles. The normalized spacial score (nSPS) is 21.0. The summed E-state index contributed by atoms with van der Waals surface area (Å²) < 4.78 is 12.7. The van der Waals surface area contributed by atoms with Gasteiger partial charge in [0.15, 0.2) is 5.82 Å². The highest BCUT2D eigenvalue weighted by Crippen LogP contribution is 2.25. The van der Waals surface area contributed by atoms with Crippen molar-refractivity contribution >= 4 is 22.8 Å². The molecule has 0 unspecified atom stereocenters. The maximum Gasteiger partial charge on any atom is 0.290 e. The molecule has 2 fully saturated rings. The smallest absolute Gasteiger partial charge is 0.290 e. The molecule has 1 aromatic carbocycles. The Labute approximate surface area is 207 Å². The zero-order chi connectivity index (χ0) is 24.8. The number of hydrogen-bond acceptors (Lipinski definition) is 6. The number of piperidine rings is 1. The number of amides is 2. The second-order valence-corrected chi connectivity index (χ2v) is 9.76. The summed E-state index contributed by atoms with van der Waals surface area (Å²) in [5.41, 5.74) is 1.80. The van der Waals surface area contributed by atoms with Gasteiger partial charge in [0, 0.05) is 58.5 Å². The number of unbranched alkanes of at least 4 members (excludes halogenated alkanes) is 1. The van der Waals surface area contributed by atoms with Crippen LogP contribution in [0.4, 0.5) is 0 Å². The Bertz CT molecular complexity index is 1000. The summed E-state index contributed by atoms with van der Waals surface area (Å²) in [4.78, 5) is 35.8. The standard InChI is InChI=1S/C26H39N5O4/c1-19(2)31(21-16-20(17-27-18-21)25(32)29-11-14-35-15-12-29)26(33)24-28-22-8-4-5-9-23(22)30(24)10-6-7-13-34-3/h4-5,8-9,19-21,27H,6-7,10-18H2,1-3H3/t20-,21+/m1/s1. The molecule has 0 radical (unpaired) electrons. The Morgan fingerprint density at radius 1 is 1.20 bits per heavy atom. The van der Waals surface area contributed by atoms with Gasteiger partial charge < -0.3 is 29.2 Å². The van der Waals surface area contributed by atoms with Crippen LogP contribution in [0, 0.1) is 5.92 Å². The molecule has 3 heterocycles. The van der Waals surface area contributed by atoms with E-state index in [1.165, 1.54) is 0 Å². The third-order valence-corrected chi connectivity index (χ3v) is 7.01. The van der Waals surface area contributed by atoms with Crippen molar-refractivity contribution in [2.45, 2.75) is 51.7 Å². The van der Waals surface area contributed by atoms with E-state index in [0.717, 1.165) is 23.9 Å². The first-order valence-electron chi connectivity index (χ1n) is 12.9. The summed E-state index contributed by atoms with van der Waals surface area (Å²) >= 11 is 0. The molecular weight excluding hydrogens is 446 g/mol. The highest BCUT2D eigenvalue weighted by molar-refractivity contribution is 5.95. The number of para-hydroxylation sites is 2. The number of fused-ring (bicyclic) bond motifs is 1. The molecule has 0 bridgehead atoms. The van der Waals surface area contributed by atoms with Crippen LogP contribution < -0.4 is 5.32 Å². The zero-order valence-electron chi connectivity index (χ0n) is 21.2. The Hall–Kier alpha value is -2.49. The quantitative estimate of drug-likeness (QED) is 0.548. The lowest BCUT2D eigenvalue weighted by molar-refractivity contribution is -0.140. The molecule has 9 heteroatoms. The molecule has 2 aromatic rings. The lowest BCUT2D eigenvalue weighted by Gasteiger charge is -2.41. The average Bonchev–Trinajstić information content (AvgIpc) is 3.25. The van der Waals surface area contributed by atoms with E-state index in [-0.39, 0.29) is 29.8 Å². The molecular formula is C26H39N5O4. The predicted octanol–water partition coefficient (Wildman–Crippen LogP) is 2.15. The topological polar surface area (TPSA) is 88.9 Å². The van der Waals surface area contributed by atoms with Gasteiger partial charge in [0.25, 0.3) is 5.91 Å². The van der Waals surface area contributed by atoms with Gasteiger partial charge in [-0.15, -0.1) is 0 Å². The fourth-order valence-electron chi connectivity index (χ4n) is 5.28. The maximum atomic E-state index is 14.0. The van der Waals surface area contributed by atoms with E-state index >= 15 is 0 Å². The second kappa shape index (κ2) is 12.0. The van der Waals surface area contributed by atoms with Gasteiger partial charge in [0.2, 0.25) is 5.91 Å². The zero-order valence-corrected chi connectivity index (χ0v) is 21.2. The number of hydrogen-bond donors (Lipinski definition) is 1. The van der Waals surface area contributed by atoms with Crippen molar-refractivity contribution < 1.29 is 19.1 Å². The van der Waals surface area contributed by atoms with Gasteiger partial charge in [-0.3, -0.25) is 9.59 Å². The van der Waals surface area contributed by atoms with E-state index < -0.39 is 0 Å². The minimum atomic E-state index is -0.145. The van der Waals surface area contributed by atoms with E-state index in [9.17, 15) is 9.59 Å². The van der Waals surface area contributed by atoms with Gasteiger partial charge in [-0.2, -0.15) is 0 Å². The number of benzene rings is 1. The highest BCUT2D eigenvalue weighted by Gasteiger charge is 2.37. The van der Waals surface area contributed by atoms with Crippen LogP contribution in [0.5, 0.6) is 0 Å². The second-order valence-electron chi connectivity index (χ2n) is 9.76. The van der Waals surface area contributed by atoms with Crippen LogP contribution >= 0.6 is 0 Å². The minimum absolute atomic E-state index is 0.0201. The number of aryl methyl sites for hydroxylation is 1. The molecule has 2 saturated heterocycles. The van der Waals surface area contributed by atoms with Crippen molar-refractivity contribution in [1.82, 2.24) is 24.7 Å². The minimum Gasteiger partial charge on any atom is -0.385 e. The third kappa shape index (κ3) is 5.85. The molecule has 192 valence electrons. The molecule has 9 nitrogen and oxygen atoms in total. The highest BCUT2D eigenvalue weighted by atomic mass is 16.5. The molecule has 4 rings (SSSR count). The molecule has 2 aliphatic heterocycles. The molecule has 1 N–H and O–H groups in total. The molecule has 0 aliphatic carbocycles. The lowest BCUT2D eigenvalue weighted by Crippen LogP contribution is -2.57. The van der Waals surface area contributed by atoms with Gasteiger partial charge in [-0.05, 0) is 45.2 Å². The monoisotopic (exact) mass is 485 g/mol. The maximum absolute atomic E-state index is 14.0. The van der Waals surface area contributed by atoms with Crippen LogP contribution in [-0.2, 0) is 20.8 Å². The SMILES string of the molecule is COCCCCn1c(C(=O)N(C(C)C)[C@@H]2CNC[C@H](C(=O)N3CCOCC3)C2)nc2ccccc21. The van der Waals surface area contributed by atoms with E-state index in [4.69, 9.17) is 14.5 Å². The Balaban J connectivity index is 1.56. The van der Waals surface area contributed by atoms with Crippen LogP contribution in [0.2, 0.25) is 0 Å². The van der Waals surface area contributed by atoms with Gasteiger partial charge in [-0.1, -0.05) is 12.1 Å². The molecule has 35 heavy (non-hydrogen) atoms. The van der Waals surface area contributed by atoms with Gasteiger partial charge in [0.1, 0.15) is 0 Å². The van der Waals surface area contributed by atoms with Crippen LogP contribution in [0.3, 0.4) is 0 Å². The average molecular weight is 486 g/mol. The third-order valence-electron chi connectivity index (χ3n) is 7.01. The summed E-state index contributed by atoms with van der Waals surface area (Å²) in [5, 5.41) is 3.42. The molecule has 0 spiro atoms. The number of ether oxygens (including phenoxy) is 2. The molecule has 2 amide bonds. The van der Waals surface area contributed by atoms with Gasteiger partial charge >= 0.3 is 0 Å². The van der Waals surface area contributed by atoms with E-state index in [2.05, 4.69) is 9.88 Å². The number of rotatable bonds is 9. The summed E-state index contributed by atoms with van der Waals surface area (Å²) in [6.07, 6.45) is 2.47. The molecule has 2 aliphatic rings. The number of imidazole rings is 1. The van der Waals surface area contributed by atoms with Gasteiger partial charge in [-0.25, -0.2) is 4.98 Å². The first-order valence-corrected chi connectivity index (χ1v) is 12.9. The Morgan fingerprint density at radius 2 is 1.97 bits per heavy atom. The lowest BCUT2D eigenvalue weighted by atomic mass is 9.92. The number of aromatic nitrogens is 2. The fraction of sp³-hybridized carbons (Fsp3) is 0.654. The molecule has 1 aromatic heterocycles. The van der Waals surface area contributed by atoms with Crippen molar-refractivity contribution in [3.8, 4) is 0 Å². The number of methoxy groups -OCH3 is 1.